The van der Waals surface area contributed by atoms with Crippen molar-refractivity contribution in [1.82, 2.24) is 15.1 Å². The summed E-state index contributed by atoms with van der Waals surface area (Å²) in [6, 6.07) is 4.23. The zero-order valence-electron chi connectivity index (χ0n) is 23.1. The molecule has 2 fully saturated rings. The zero-order chi connectivity index (χ0) is 28.3. The van der Waals surface area contributed by atoms with Crippen LogP contribution < -0.4 is 10.6 Å². The summed E-state index contributed by atoms with van der Waals surface area (Å²) >= 11 is 0. The predicted molar refractivity (Wildman–Crippen MR) is 142 cm³/mol. The number of nitrogens with one attached hydrogen (secondary N) is 2. The number of carbonyl (C=O) groups excluding carboxylic acids is 5. The van der Waals surface area contributed by atoms with Gasteiger partial charge in [0.05, 0.1) is 17.2 Å². The minimum Gasteiger partial charge on any atom is -0.444 e. The first-order chi connectivity index (χ1) is 18.4. The number of ether oxygens (including phenoxy) is 2. The van der Waals surface area contributed by atoms with Gasteiger partial charge in [-0.05, 0) is 71.4 Å². The number of anilines is 1. The molecule has 3 aliphatic rings. The van der Waals surface area contributed by atoms with Crippen LogP contribution in [0.15, 0.2) is 18.2 Å². The highest BCUT2D eigenvalue weighted by Gasteiger charge is 2.45. The van der Waals surface area contributed by atoms with E-state index in [2.05, 4.69) is 10.6 Å². The second kappa shape index (κ2) is 11.7. The average Bonchev–Trinajstić information content (AvgIpc) is 3.12. The molecule has 1 saturated heterocycles. The van der Waals surface area contributed by atoms with Crippen molar-refractivity contribution in [3.8, 4) is 0 Å². The van der Waals surface area contributed by atoms with Gasteiger partial charge in [0.1, 0.15) is 11.6 Å². The van der Waals surface area contributed by atoms with E-state index in [4.69, 9.17) is 9.47 Å². The van der Waals surface area contributed by atoms with Crippen molar-refractivity contribution < 1.29 is 33.4 Å². The van der Waals surface area contributed by atoms with Gasteiger partial charge >= 0.3 is 6.09 Å². The van der Waals surface area contributed by atoms with Crippen LogP contribution in [-0.4, -0.2) is 83.5 Å². The number of carbonyl (C=O) groups is 5. The molecule has 212 valence electrons. The molecular weight excluding hydrogens is 504 g/mol. The lowest BCUT2D eigenvalue weighted by molar-refractivity contribution is -0.136. The summed E-state index contributed by atoms with van der Waals surface area (Å²) in [5.74, 6) is -2.04. The van der Waals surface area contributed by atoms with E-state index in [-0.39, 0.29) is 42.2 Å². The van der Waals surface area contributed by atoms with Gasteiger partial charge in [0.2, 0.25) is 11.8 Å². The maximum Gasteiger partial charge on any atom is 0.410 e. The highest BCUT2D eigenvalue weighted by atomic mass is 16.6. The summed E-state index contributed by atoms with van der Waals surface area (Å²) in [6.07, 6.45) is 4.08. The molecule has 0 aromatic heterocycles. The monoisotopic (exact) mass is 542 g/mol. The Labute approximate surface area is 228 Å². The molecule has 2 N–H and O–H groups in total. The van der Waals surface area contributed by atoms with Crippen LogP contribution in [0.3, 0.4) is 0 Å². The summed E-state index contributed by atoms with van der Waals surface area (Å²) in [4.78, 5) is 64.8. The second-order valence-electron chi connectivity index (χ2n) is 11.4. The smallest absolute Gasteiger partial charge is 0.410 e. The number of benzene rings is 1. The molecule has 11 nitrogen and oxygen atoms in total. The van der Waals surface area contributed by atoms with Gasteiger partial charge in [-0.3, -0.25) is 29.4 Å². The third kappa shape index (κ3) is 6.76. The summed E-state index contributed by atoms with van der Waals surface area (Å²) in [5.41, 5.74) is 0.599. The second-order valence-corrected chi connectivity index (χ2v) is 11.4. The van der Waals surface area contributed by atoms with Crippen LogP contribution in [-0.2, 0) is 19.1 Å². The van der Waals surface area contributed by atoms with Crippen LogP contribution >= 0.6 is 0 Å². The van der Waals surface area contributed by atoms with Gasteiger partial charge in [-0.2, -0.15) is 0 Å². The lowest BCUT2D eigenvalue weighted by atomic mass is 9.92. The Morgan fingerprint density at radius 1 is 1.08 bits per heavy atom. The van der Waals surface area contributed by atoms with E-state index in [9.17, 15) is 24.0 Å². The van der Waals surface area contributed by atoms with E-state index in [0.29, 0.717) is 25.3 Å². The fourth-order valence-electron chi connectivity index (χ4n) is 5.21. The first-order valence-corrected chi connectivity index (χ1v) is 13.6. The molecule has 4 rings (SSSR count). The fourth-order valence-corrected chi connectivity index (χ4v) is 5.21. The van der Waals surface area contributed by atoms with Gasteiger partial charge in [-0.25, -0.2) is 4.79 Å². The van der Waals surface area contributed by atoms with Crippen molar-refractivity contribution in [2.24, 2.45) is 0 Å². The highest BCUT2D eigenvalue weighted by molar-refractivity contribution is 6.25. The Balaban J connectivity index is 1.26. The molecule has 1 unspecified atom stereocenters. The van der Waals surface area contributed by atoms with Gasteiger partial charge < -0.3 is 19.7 Å². The minimum atomic E-state index is -0.987. The van der Waals surface area contributed by atoms with E-state index in [1.54, 1.807) is 30.1 Å². The molecule has 0 radical (unpaired) electrons. The van der Waals surface area contributed by atoms with Crippen molar-refractivity contribution in [3.05, 3.63) is 29.3 Å². The molecule has 5 amide bonds. The van der Waals surface area contributed by atoms with E-state index >= 15 is 0 Å². The lowest BCUT2D eigenvalue weighted by Gasteiger charge is -2.30. The summed E-state index contributed by atoms with van der Waals surface area (Å²) < 4.78 is 11.4. The van der Waals surface area contributed by atoms with Crippen molar-refractivity contribution in [2.75, 3.05) is 25.5 Å². The lowest BCUT2D eigenvalue weighted by Crippen LogP contribution is -2.54. The Kier molecular flexibility index (Phi) is 8.58. The number of fused-ring (bicyclic) bond motifs is 1. The van der Waals surface area contributed by atoms with Gasteiger partial charge in [0.15, 0.2) is 0 Å². The van der Waals surface area contributed by atoms with Crippen LogP contribution in [0.5, 0.6) is 0 Å². The number of hydrogen-bond donors (Lipinski definition) is 2. The molecule has 2 heterocycles. The normalized spacial score (nSPS) is 23.4. The Hall–Kier alpha value is -3.47. The molecule has 1 saturated carbocycles. The Morgan fingerprint density at radius 3 is 2.46 bits per heavy atom. The molecule has 39 heavy (non-hydrogen) atoms. The first kappa shape index (κ1) is 28.5. The van der Waals surface area contributed by atoms with Crippen LogP contribution in [0.1, 0.15) is 86.4 Å². The fraction of sp³-hybridized carbons (Fsp3) is 0.607. The standard InChI is InChI=1S/C28H38N4O7/c1-28(2,3)39-27(37)31(4)15-6-16-38-18-11-9-17(10-12-18)29-20-8-5-7-19-23(20)26(36)32(25(19)35)21-13-14-22(33)30-24(21)34/h5,7-8,17-18,21,29H,6,9-16H2,1-4H3,(H,30,33,34)/t17-,18-,21?. The molecular formula is C28H38N4O7. The van der Waals surface area contributed by atoms with Gasteiger partial charge in [-0.15, -0.1) is 0 Å². The average molecular weight is 543 g/mol. The number of rotatable bonds is 8. The number of imide groups is 2. The number of amides is 5. The summed E-state index contributed by atoms with van der Waals surface area (Å²) in [5, 5.41) is 5.66. The van der Waals surface area contributed by atoms with Crippen molar-refractivity contribution in [3.63, 3.8) is 0 Å². The summed E-state index contributed by atoms with van der Waals surface area (Å²) in [6.45, 7) is 6.62. The van der Waals surface area contributed by atoms with E-state index < -0.39 is 35.3 Å². The summed E-state index contributed by atoms with van der Waals surface area (Å²) in [7, 11) is 1.72. The van der Waals surface area contributed by atoms with Gasteiger partial charge in [0, 0.05) is 38.3 Å². The minimum absolute atomic E-state index is 0.0840. The van der Waals surface area contributed by atoms with Crippen molar-refractivity contribution in [1.29, 1.82) is 0 Å². The van der Waals surface area contributed by atoms with E-state index in [0.717, 1.165) is 30.6 Å². The SMILES string of the molecule is CN(CCCO[C@H]1CC[C@H](Nc2cccc3c2C(=O)N(C2CCC(=O)NC2=O)C3=O)CC1)C(=O)OC(C)(C)C. The quantitative estimate of drug-likeness (QED) is 0.378. The van der Waals surface area contributed by atoms with Crippen molar-refractivity contribution in [2.45, 2.75) is 89.5 Å². The van der Waals surface area contributed by atoms with Crippen molar-refractivity contribution >= 4 is 35.4 Å². The maximum absolute atomic E-state index is 13.3. The molecule has 1 atom stereocenters. The third-order valence-corrected chi connectivity index (χ3v) is 7.20. The Bertz CT molecular complexity index is 1140. The molecule has 2 aliphatic heterocycles. The number of piperidine rings is 1. The predicted octanol–water partition coefficient (Wildman–Crippen LogP) is 3.08. The van der Waals surface area contributed by atoms with E-state index in [1.165, 1.54) is 0 Å². The molecule has 0 bridgehead atoms. The zero-order valence-corrected chi connectivity index (χ0v) is 23.1. The highest BCUT2D eigenvalue weighted by Crippen LogP contribution is 2.34. The third-order valence-electron chi connectivity index (χ3n) is 7.20. The van der Waals surface area contributed by atoms with Crippen LogP contribution in [0, 0.1) is 0 Å². The van der Waals surface area contributed by atoms with Gasteiger partial charge in [-0.1, -0.05) is 6.07 Å². The molecule has 11 heteroatoms. The van der Waals surface area contributed by atoms with Crippen LogP contribution in [0.2, 0.25) is 0 Å². The van der Waals surface area contributed by atoms with E-state index in [1.807, 2.05) is 20.8 Å². The molecule has 1 aliphatic carbocycles. The number of nitrogens with zero attached hydrogens (tertiary/aromatic N) is 2. The number of hydrogen-bond acceptors (Lipinski definition) is 8. The largest absolute Gasteiger partial charge is 0.444 e. The maximum atomic E-state index is 13.3. The molecule has 1 aromatic rings. The molecule has 0 spiro atoms. The Morgan fingerprint density at radius 2 is 1.79 bits per heavy atom. The first-order valence-electron chi connectivity index (χ1n) is 13.6. The van der Waals surface area contributed by atoms with Crippen LogP contribution in [0.4, 0.5) is 10.5 Å². The topological polar surface area (TPSA) is 134 Å². The van der Waals surface area contributed by atoms with Gasteiger partial charge in [0.25, 0.3) is 11.8 Å². The molecule has 1 aromatic carbocycles. The van der Waals surface area contributed by atoms with Crippen LogP contribution in [0.25, 0.3) is 0 Å².